The molecule has 3 N–H and O–H groups in total. The van der Waals surface area contributed by atoms with E-state index in [9.17, 15) is 14.7 Å². The molecule has 1 aromatic heterocycles. The average Bonchev–Trinajstić information content (AvgIpc) is 2.87. The highest BCUT2D eigenvalue weighted by molar-refractivity contribution is 5.93. The Morgan fingerprint density at radius 2 is 1.91 bits per heavy atom. The SMILES string of the molecule is NC(=O)c1cnc(C(=O)N2CCC[C@]3(CCC[C@H]3O)C2)cn1. The lowest BCUT2D eigenvalue weighted by molar-refractivity contribution is -0.00557. The maximum atomic E-state index is 12.6. The van der Waals surface area contributed by atoms with Gasteiger partial charge in [0.15, 0.2) is 0 Å². The summed E-state index contributed by atoms with van der Waals surface area (Å²) in [6.45, 7) is 1.22. The van der Waals surface area contributed by atoms with Gasteiger partial charge in [0.25, 0.3) is 11.8 Å². The van der Waals surface area contributed by atoms with Crippen molar-refractivity contribution in [1.29, 1.82) is 0 Å². The summed E-state index contributed by atoms with van der Waals surface area (Å²) in [7, 11) is 0. The van der Waals surface area contributed by atoms with Crippen molar-refractivity contribution >= 4 is 11.8 Å². The molecule has 0 aromatic carbocycles. The number of likely N-dealkylation sites (tertiary alicyclic amines) is 1. The number of nitrogens with two attached hydrogens (primary N) is 1. The molecule has 2 fully saturated rings. The molecule has 2 amide bonds. The van der Waals surface area contributed by atoms with Crippen LogP contribution in [0.1, 0.15) is 53.1 Å². The molecule has 2 aliphatic rings. The first-order valence-corrected chi connectivity index (χ1v) is 7.61. The highest BCUT2D eigenvalue weighted by atomic mass is 16.3. The van der Waals surface area contributed by atoms with Crippen molar-refractivity contribution in [3.8, 4) is 0 Å². The molecule has 7 heteroatoms. The van der Waals surface area contributed by atoms with Crippen LogP contribution in [0.15, 0.2) is 12.4 Å². The monoisotopic (exact) mass is 304 g/mol. The first kappa shape index (κ1) is 14.9. The van der Waals surface area contributed by atoms with Gasteiger partial charge in [-0.25, -0.2) is 9.97 Å². The van der Waals surface area contributed by atoms with Gasteiger partial charge >= 0.3 is 0 Å². The fraction of sp³-hybridized carbons (Fsp3) is 0.600. The van der Waals surface area contributed by atoms with Crippen molar-refractivity contribution in [1.82, 2.24) is 14.9 Å². The topological polar surface area (TPSA) is 109 Å². The van der Waals surface area contributed by atoms with Crippen molar-refractivity contribution in [3.05, 3.63) is 23.8 Å². The number of nitrogens with zero attached hydrogens (tertiary/aromatic N) is 3. The molecule has 1 aromatic rings. The molecule has 0 unspecified atom stereocenters. The van der Waals surface area contributed by atoms with Crippen molar-refractivity contribution in [2.75, 3.05) is 13.1 Å². The smallest absolute Gasteiger partial charge is 0.274 e. The summed E-state index contributed by atoms with van der Waals surface area (Å²) < 4.78 is 0. The minimum absolute atomic E-state index is 0.0397. The van der Waals surface area contributed by atoms with Crippen LogP contribution in [-0.2, 0) is 0 Å². The zero-order valence-corrected chi connectivity index (χ0v) is 12.4. The van der Waals surface area contributed by atoms with Crippen molar-refractivity contribution < 1.29 is 14.7 Å². The van der Waals surface area contributed by atoms with Gasteiger partial charge in [0.1, 0.15) is 11.4 Å². The van der Waals surface area contributed by atoms with Crippen LogP contribution >= 0.6 is 0 Å². The zero-order chi connectivity index (χ0) is 15.7. The van der Waals surface area contributed by atoms with Crippen molar-refractivity contribution in [2.45, 2.75) is 38.2 Å². The third kappa shape index (κ3) is 2.56. The molecule has 1 saturated heterocycles. The third-order valence-corrected chi connectivity index (χ3v) is 4.88. The molecule has 0 bridgehead atoms. The van der Waals surface area contributed by atoms with Crippen LogP contribution in [-0.4, -0.2) is 51.0 Å². The summed E-state index contributed by atoms with van der Waals surface area (Å²) in [6, 6.07) is 0. The van der Waals surface area contributed by atoms with Gasteiger partial charge in [-0.05, 0) is 25.7 Å². The number of amides is 2. The first-order valence-electron chi connectivity index (χ1n) is 7.61. The number of carbonyl (C=O) groups excluding carboxylic acids is 2. The number of aliphatic hydroxyl groups is 1. The van der Waals surface area contributed by atoms with Gasteiger partial charge in [-0.1, -0.05) is 6.42 Å². The Morgan fingerprint density at radius 3 is 2.50 bits per heavy atom. The lowest BCUT2D eigenvalue weighted by Gasteiger charge is -2.42. The van der Waals surface area contributed by atoms with E-state index in [2.05, 4.69) is 9.97 Å². The van der Waals surface area contributed by atoms with Crippen LogP contribution in [0.4, 0.5) is 0 Å². The summed E-state index contributed by atoms with van der Waals surface area (Å²) in [6.07, 6.45) is 6.82. The molecule has 1 aliphatic heterocycles. The Hall–Kier alpha value is -2.02. The van der Waals surface area contributed by atoms with E-state index in [1.54, 1.807) is 4.90 Å². The van der Waals surface area contributed by atoms with Gasteiger partial charge < -0.3 is 15.7 Å². The zero-order valence-electron chi connectivity index (χ0n) is 12.4. The van der Waals surface area contributed by atoms with Gasteiger partial charge in [0.05, 0.1) is 18.5 Å². The van der Waals surface area contributed by atoms with E-state index in [4.69, 9.17) is 5.73 Å². The Morgan fingerprint density at radius 1 is 1.23 bits per heavy atom. The number of aliphatic hydroxyl groups excluding tert-OH is 1. The highest BCUT2D eigenvalue weighted by Gasteiger charge is 2.45. The number of rotatable bonds is 2. The summed E-state index contributed by atoms with van der Waals surface area (Å²) in [4.78, 5) is 33.1. The normalized spacial score (nSPS) is 28.0. The average molecular weight is 304 g/mol. The van der Waals surface area contributed by atoms with Gasteiger partial charge in [0.2, 0.25) is 0 Å². The maximum absolute atomic E-state index is 12.6. The van der Waals surface area contributed by atoms with Crippen LogP contribution in [0, 0.1) is 5.41 Å². The molecule has 0 radical (unpaired) electrons. The molecule has 2 atom stereocenters. The van der Waals surface area contributed by atoms with Gasteiger partial charge in [-0.2, -0.15) is 0 Å². The number of primary amides is 1. The van der Waals surface area contributed by atoms with Gasteiger partial charge in [-0.3, -0.25) is 9.59 Å². The van der Waals surface area contributed by atoms with E-state index in [1.165, 1.54) is 12.4 Å². The van der Waals surface area contributed by atoms with Crippen molar-refractivity contribution in [3.63, 3.8) is 0 Å². The van der Waals surface area contributed by atoms with Gasteiger partial charge in [0, 0.05) is 18.5 Å². The van der Waals surface area contributed by atoms with E-state index in [-0.39, 0.29) is 28.8 Å². The highest BCUT2D eigenvalue weighted by Crippen LogP contribution is 2.45. The predicted octanol–water partition coefficient (Wildman–Crippen LogP) is 0.343. The third-order valence-electron chi connectivity index (χ3n) is 4.88. The molecule has 1 aliphatic carbocycles. The Kier molecular flexibility index (Phi) is 3.82. The van der Waals surface area contributed by atoms with E-state index in [0.717, 1.165) is 32.1 Å². The molecule has 7 nitrogen and oxygen atoms in total. The van der Waals surface area contributed by atoms with Crippen molar-refractivity contribution in [2.24, 2.45) is 11.1 Å². The van der Waals surface area contributed by atoms with E-state index < -0.39 is 5.91 Å². The summed E-state index contributed by atoms with van der Waals surface area (Å²) in [5.74, 6) is -0.876. The standard InChI is InChI=1S/C15H20N4O3/c16-13(21)10-7-18-11(8-17-10)14(22)19-6-2-5-15(9-19)4-1-3-12(15)20/h7-8,12,20H,1-6,9H2,(H2,16,21)/t12-,15-/m1/s1. The van der Waals surface area contributed by atoms with Crippen LogP contribution in [0.5, 0.6) is 0 Å². The number of piperidine rings is 1. The lowest BCUT2D eigenvalue weighted by Crippen LogP contribution is -2.49. The molecule has 118 valence electrons. The quantitative estimate of drug-likeness (QED) is 0.819. The number of hydrogen-bond acceptors (Lipinski definition) is 5. The lowest BCUT2D eigenvalue weighted by atomic mass is 9.76. The van der Waals surface area contributed by atoms with E-state index >= 15 is 0 Å². The molecular weight excluding hydrogens is 284 g/mol. The van der Waals surface area contributed by atoms with E-state index in [0.29, 0.717) is 13.1 Å². The second-order valence-electron chi connectivity index (χ2n) is 6.25. The molecular formula is C15H20N4O3. The fourth-order valence-corrected chi connectivity index (χ4v) is 3.66. The largest absolute Gasteiger partial charge is 0.392 e. The summed E-state index contributed by atoms with van der Waals surface area (Å²) >= 11 is 0. The van der Waals surface area contributed by atoms with Gasteiger partial charge in [-0.15, -0.1) is 0 Å². The molecule has 1 saturated carbocycles. The Bertz CT molecular complexity index is 589. The number of aromatic nitrogens is 2. The number of hydrogen-bond donors (Lipinski definition) is 2. The van der Waals surface area contributed by atoms with Crippen LogP contribution in [0.3, 0.4) is 0 Å². The second kappa shape index (κ2) is 5.64. The maximum Gasteiger partial charge on any atom is 0.274 e. The minimum Gasteiger partial charge on any atom is -0.392 e. The van der Waals surface area contributed by atoms with E-state index in [1.807, 2.05) is 0 Å². The van der Waals surface area contributed by atoms with Crippen LogP contribution in [0.2, 0.25) is 0 Å². The molecule has 3 rings (SSSR count). The minimum atomic E-state index is -0.669. The molecule has 22 heavy (non-hydrogen) atoms. The molecule has 1 spiro atoms. The summed E-state index contributed by atoms with van der Waals surface area (Å²) in [5.41, 5.74) is 5.20. The first-order chi connectivity index (χ1) is 10.5. The summed E-state index contributed by atoms with van der Waals surface area (Å²) in [5, 5.41) is 10.3. The molecule has 2 heterocycles. The predicted molar refractivity (Wildman–Crippen MR) is 78.0 cm³/mol. The van der Waals surface area contributed by atoms with Crippen LogP contribution in [0.25, 0.3) is 0 Å². The number of carbonyl (C=O) groups is 2. The second-order valence-corrected chi connectivity index (χ2v) is 6.25. The van der Waals surface area contributed by atoms with Crippen LogP contribution < -0.4 is 5.73 Å². The fourth-order valence-electron chi connectivity index (χ4n) is 3.66. The Labute approximate surface area is 128 Å². The Balaban J connectivity index is 1.75.